The van der Waals surface area contributed by atoms with Gasteiger partial charge in [-0.1, -0.05) is 54.1 Å². The molecular weight excluding hydrogens is 308 g/mol. The smallest absolute Gasteiger partial charge is 0.191 e. The van der Waals surface area contributed by atoms with Crippen molar-refractivity contribution in [2.75, 3.05) is 20.6 Å². The van der Waals surface area contributed by atoms with Gasteiger partial charge in [0, 0.05) is 19.6 Å². The number of benzene rings is 2. The first kappa shape index (κ1) is 19.0. The standard InChI is InChI=1S/C21H30N4/c1-5-22-21(23-14-18-10-8-9-17(2)13-18)24-15-19-11-6-7-12-20(19)16-25(3)4/h6-13H,5,14-16H2,1-4H3,(H2,22,23,24). The Morgan fingerprint density at radius 1 is 1.00 bits per heavy atom. The second kappa shape index (κ2) is 9.84. The van der Waals surface area contributed by atoms with Gasteiger partial charge in [-0.2, -0.15) is 0 Å². The Hall–Kier alpha value is -2.33. The predicted octanol–water partition coefficient (Wildman–Crippen LogP) is 3.31. The molecule has 0 saturated carbocycles. The fourth-order valence-corrected chi connectivity index (χ4v) is 2.73. The number of guanidine groups is 1. The van der Waals surface area contributed by atoms with Crippen LogP contribution in [0.1, 0.15) is 29.2 Å². The Morgan fingerprint density at radius 3 is 2.44 bits per heavy atom. The van der Waals surface area contributed by atoms with Crippen LogP contribution < -0.4 is 10.6 Å². The minimum Gasteiger partial charge on any atom is -0.357 e. The number of hydrogen-bond acceptors (Lipinski definition) is 2. The number of aryl methyl sites for hydroxylation is 1. The predicted molar refractivity (Wildman–Crippen MR) is 107 cm³/mol. The number of rotatable bonds is 7. The minimum atomic E-state index is 0.677. The van der Waals surface area contributed by atoms with Gasteiger partial charge in [0.05, 0.1) is 6.54 Å². The highest BCUT2D eigenvalue weighted by molar-refractivity contribution is 5.79. The lowest BCUT2D eigenvalue weighted by atomic mass is 10.1. The zero-order valence-corrected chi connectivity index (χ0v) is 15.8. The van der Waals surface area contributed by atoms with E-state index in [0.29, 0.717) is 6.54 Å². The Morgan fingerprint density at radius 2 is 1.76 bits per heavy atom. The molecule has 0 aliphatic rings. The molecule has 0 fully saturated rings. The van der Waals surface area contributed by atoms with Crippen LogP contribution >= 0.6 is 0 Å². The van der Waals surface area contributed by atoms with E-state index < -0.39 is 0 Å². The topological polar surface area (TPSA) is 39.7 Å². The highest BCUT2D eigenvalue weighted by atomic mass is 15.2. The van der Waals surface area contributed by atoms with Gasteiger partial charge in [0.1, 0.15) is 0 Å². The van der Waals surface area contributed by atoms with E-state index in [1.165, 1.54) is 22.3 Å². The summed E-state index contributed by atoms with van der Waals surface area (Å²) >= 11 is 0. The first-order valence-corrected chi connectivity index (χ1v) is 8.87. The van der Waals surface area contributed by atoms with Gasteiger partial charge in [0.15, 0.2) is 5.96 Å². The van der Waals surface area contributed by atoms with Crippen molar-refractivity contribution < 1.29 is 0 Å². The summed E-state index contributed by atoms with van der Waals surface area (Å²) in [5, 5.41) is 6.78. The lowest BCUT2D eigenvalue weighted by molar-refractivity contribution is 0.400. The highest BCUT2D eigenvalue weighted by Gasteiger charge is 2.04. The first-order valence-electron chi connectivity index (χ1n) is 8.87. The molecule has 4 nitrogen and oxygen atoms in total. The molecule has 0 radical (unpaired) electrons. The van der Waals surface area contributed by atoms with Crippen molar-refractivity contribution in [3.63, 3.8) is 0 Å². The third-order valence-electron chi connectivity index (χ3n) is 3.90. The monoisotopic (exact) mass is 338 g/mol. The van der Waals surface area contributed by atoms with Gasteiger partial charge in [-0.15, -0.1) is 0 Å². The van der Waals surface area contributed by atoms with Crippen LogP contribution in [0, 0.1) is 6.92 Å². The lowest BCUT2D eigenvalue weighted by Gasteiger charge is -2.16. The summed E-state index contributed by atoms with van der Waals surface area (Å²) in [6.07, 6.45) is 0. The Balaban J connectivity index is 2.03. The molecule has 0 saturated heterocycles. The molecule has 0 amide bonds. The van der Waals surface area contributed by atoms with Crippen LogP contribution in [0.4, 0.5) is 0 Å². The second-order valence-electron chi connectivity index (χ2n) is 6.54. The van der Waals surface area contributed by atoms with Gasteiger partial charge >= 0.3 is 0 Å². The number of hydrogen-bond donors (Lipinski definition) is 2. The molecule has 0 aromatic heterocycles. The van der Waals surface area contributed by atoms with Crippen LogP contribution in [0.5, 0.6) is 0 Å². The third kappa shape index (κ3) is 6.59. The number of nitrogens with zero attached hydrogens (tertiary/aromatic N) is 2. The summed E-state index contributed by atoms with van der Waals surface area (Å²) in [4.78, 5) is 6.90. The maximum Gasteiger partial charge on any atom is 0.191 e. The molecule has 0 unspecified atom stereocenters. The Bertz CT molecular complexity index is 692. The molecule has 0 aliphatic heterocycles. The van der Waals surface area contributed by atoms with E-state index in [2.05, 4.69) is 92.0 Å². The summed E-state index contributed by atoms with van der Waals surface area (Å²) in [5.74, 6) is 0.851. The molecule has 0 bridgehead atoms. The molecule has 0 atom stereocenters. The minimum absolute atomic E-state index is 0.677. The third-order valence-corrected chi connectivity index (χ3v) is 3.90. The summed E-state index contributed by atoms with van der Waals surface area (Å²) < 4.78 is 0. The van der Waals surface area contributed by atoms with Crippen LogP contribution in [-0.4, -0.2) is 31.5 Å². The Labute approximate surface area is 152 Å². The first-order chi connectivity index (χ1) is 12.1. The van der Waals surface area contributed by atoms with Crippen molar-refractivity contribution >= 4 is 5.96 Å². The van der Waals surface area contributed by atoms with E-state index in [-0.39, 0.29) is 0 Å². The molecule has 0 spiro atoms. The van der Waals surface area contributed by atoms with Crippen molar-refractivity contribution in [3.8, 4) is 0 Å². The number of aliphatic imine (C=N–C) groups is 1. The largest absolute Gasteiger partial charge is 0.357 e. The summed E-state index contributed by atoms with van der Waals surface area (Å²) in [7, 11) is 4.19. The van der Waals surface area contributed by atoms with Crippen molar-refractivity contribution in [2.45, 2.75) is 33.5 Å². The van der Waals surface area contributed by atoms with Crippen LogP contribution in [0.2, 0.25) is 0 Å². The van der Waals surface area contributed by atoms with E-state index in [1.54, 1.807) is 0 Å². The van der Waals surface area contributed by atoms with Crippen molar-refractivity contribution in [1.29, 1.82) is 0 Å². The normalized spacial score (nSPS) is 11.6. The van der Waals surface area contributed by atoms with Gasteiger partial charge in [0.25, 0.3) is 0 Å². The van der Waals surface area contributed by atoms with Gasteiger partial charge < -0.3 is 15.5 Å². The average Bonchev–Trinajstić information content (AvgIpc) is 2.58. The average molecular weight is 338 g/mol. The molecule has 134 valence electrons. The van der Waals surface area contributed by atoms with Crippen LogP contribution in [-0.2, 0) is 19.6 Å². The zero-order valence-electron chi connectivity index (χ0n) is 15.8. The molecule has 0 heterocycles. The van der Waals surface area contributed by atoms with E-state index in [9.17, 15) is 0 Å². The Kier molecular flexibility index (Phi) is 7.48. The fraction of sp³-hybridized carbons (Fsp3) is 0.381. The van der Waals surface area contributed by atoms with Crippen LogP contribution in [0.25, 0.3) is 0 Å². The molecule has 2 aromatic carbocycles. The zero-order chi connectivity index (χ0) is 18.1. The molecule has 2 N–H and O–H groups in total. The highest BCUT2D eigenvalue weighted by Crippen LogP contribution is 2.10. The maximum absolute atomic E-state index is 4.71. The molecular formula is C21H30N4. The second-order valence-corrected chi connectivity index (χ2v) is 6.54. The van der Waals surface area contributed by atoms with Crippen molar-refractivity contribution in [3.05, 3.63) is 70.8 Å². The lowest BCUT2D eigenvalue weighted by Crippen LogP contribution is -2.37. The van der Waals surface area contributed by atoms with Crippen LogP contribution in [0.15, 0.2) is 53.5 Å². The van der Waals surface area contributed by atoms with Gasteiger partial charge in [-0.3, -0.25) is 0 Å². The summed E-state index contributed by atoms with van der Waals surface area (Å²) in [6, 6.07) is 17.0. The maximum atomic E-state index is 4.71. The summed E-state index contributed by atoms with van der Waals surface area (Å²) in [6.45, 7) is 7.43. The SMILES string of the molecule is CCNC(=NCc1cccc(C)c1)NCc1ccccc1CN(C)C. The molecule has 4 heteroatoms. The van der Waals surface area contributed by atoms with Crippen molar-refractivity contribution in [2.24, 2.45) is 4.99 Å². The van der Waals surface area contributed by atoms with Gasteiger partial charge in [0.2, 0.25) is 0 Å². The molecule has 2 rings (SSSR count). The van der Waals surface area contributed by atoms with E-state index >= 15 is 0 Å². The molecule has 25 heavy (non-hydrogen) atoms. The number of nitrogens with one attached hydrogen (secondary N) is 2. The molecule has 0 aliphatic carbocycles. The molecule has 2 aromatic rings. The van der Waals surface area contributed by atoms with Crippen molar-refractivity contribution in [1.82, 2.24) is 15.5 Å². The van der Waals surface area contributed by atoms with E-state index in [0.717, 1.165) is 25.6 Å². The quantitative estimate of drug-likeness (QED) is 0.601. The van der Waals surface area contributed by atoms with Gasteiger partial charge in [-0.25, -0.2) is 4.99 Å². The summed E-state index contributed by atoms with van der Waals surface area (Å²) in [5.41, 5.74) is 5.14. The van der Waals surface area contributed by atoms with E-state index in [4.69, 9.17) is 4.99 Å². The van der Waals surface area contributed by atoms with Crippen LogP contribution in [0.3, 0.4) is 0 Å². The van der Waals surface area contributed by atoms with E-state index in [1.807, 2.05) is 0 Å². The van der Waals surface area contributed by atoms with Gasteiger partial charge in [-0.05, 0) is 44.6 Å². The fourth-order valence-electron chi connectivity index (χ4n) is 2.73.